The number of carbonyl (C=O) groups is 1. The van der Waals surface area contributed by atoms with Crippen LogP contribution in [-0.2, 0) is 4.79 Å². The smallest absolute Gasteiger partial charge is 0.228 e. The number of carbonyl (C=O) groups excluding carboxylic acids is 1. The van der Waals surface area contributed by atoms with E-state index in [0.717, 1.165) is 47.5 Å². The number of fused-ring (bicyclic) bond motifs is 3. The fourth-order valence-corrected chi connectivity index (χ4v) is 3.41. The summed E-state index contributed by atoms with van der Waals surface area (Å²) in [6.45, 7) is 0. The molecule has 1 saturated carbocycles. The van der Waals surface area contributed by atoms with Crippen LogP contribution in [-0.4, -0.2) is 15.9 Å². The van der Waals surface area contributed by atoms with Gasteiger partial charge in [-0.2, -0.15) is 0 Å². The topological polar surface area (TPSA) is 57.8 Å². The molecule has 0 atom stereocenters. The first-order valence-corrected chi connectivity index (χ1v) is 7.98. The molecule has 0 unspecified atom stereocenters. The van der Waals surface area contributed by atoms with Crippen molar-refractivity contribution in [2.45, 2.75) is 32.1 Å². The number of hydrogen-bond acceptors (Lipinski definition) is 2. The summed E-state index contributed by atoms with van der Waals surface area (Å²) >= 11 is 0. The Kier molecular flexibility index (Phi) is 3.29. The molecule has 22 heavy (non-hydrogen) atoms. The first-order chi connectivity index (χ1) is 10.8. The lowest BCUT2D eigenvalue weighted by atomic mass is 9.89. The van der Waals surface area contributed by atoms with Gasteiger partial charge >= 0.3 is 0 Å². The lowest BCUT2D eigenvalue weighted by Crippen LogP contribution is -2.25. The highest BCUT2D eigenvalue weighted by Crippen LogP contribution is 2.28. The van der Waals surface area contributed by atoms with Crippen LogP contribution in [0.25, 0.3) is 21.8 Å². The fraction of sp³-hybridized carbons (Fsp3) is 0.333. The summed E-state index contributed by atoms with van der Waals surface area (Å²) in [7, 11) is 0. The van der Waals surface area contributed by atoms with Gasteiger partial charge in [-0.15, -0.1) is 0 Å². The van der Waals surface area contributed by atoms with Gasteiger partial charge < -0.3 is 10.3 Å². The average molecular weight is 293 g/mol. The summed E-state index contributed by atoms with van der Waals surface area (Å²) in [6, 6.07) is 10.1. The van der Waals surface area contributed by atoms with Crippen LogP contribution in [0.4, 0.5) is 5.82 Å². The van der Waals surface area contributed by atoms with Crippen LogP contribution < -0.4 is 5.32 Å². The number of rotatable bonds is 2. The molecule has 0 bridgehead atoms. The lowest BCUT2D eigenvalue weighted by molar-refractivity contribution is -0.120. The van der Waals surface area contributed by atoms with Crippen LogP contribution >= 0.6 is 0 Å². The first kappa shape index (κ1) is 13.3. The number of para-hydroxylation sites is 1. The van der Waals surface area contributed by atoms with E-state index in [1.807, 2.05) is 18.2 Å². The number of nitrogens with one attached hydrogen (secondary N) is 2. The maximum Gasteiger partial charge on any atom is 0.228 e. The molecule has 3 aromatic rings. The van der Waals surface area contributed by atoms with Gasteiger partial charge in [-0.1, -0.05) is 37.5 Å². The maximum atomic E-state index is 12.3. The van der Waals surface area contributed by atoms with Crippen LogP contribution in [0.15, 0.2) is 36.5 Å². The van der Waals surface area contributed by atoms with Crippen LogP contribution in [0.1, 0.15) is 32.1 Å². The number of benzene rings is 1. The Morgan fingerprint density at radius 3 is 2.77 bits per heavy atom. The zero-order valence-electron chi connectivity index (χ0n) is 12.4. The molecule has 4 rings (SSSR count). The van der Waals surface area contributed by atoms with Gasteiger partial charge in [0, 0.05) is 22.2 Å². The van der Waals surface area contributed by atoms with E-state index in [-0.39, 0.29) is 11.8 Å². The van der Waals surface area contributed by atoms with E-state index in [2.05, 4.69) is 27.4 Å². The summed E-state index contributed by atoms with van der Waals surface area (Å²) < 4.78 is 0. The third-order valence-electron chi connectivity index (χ3n) is 4.62. The molecule has 2 aromatic heterocycles. The molecular weight excluding hydrogens is 274 g/mol. The Morgan fingerprint density at radius 2 is 1.91 bits per heavy atom. The summed E-state index contributed by atoms with van der Waals surface area (Å²) in [4.78, 5) is 20.1. The molecule has 4 heteroatoms. The predicted molar refractivity (Wildman–Crippen MR) is 88.8 cm³/mol. The highest BCUT2D eigenvalue weighted by atomic mass is 16.1. The molecule has 0 aliphatic heterocycles. The van der Waals surface area contributed by atoms with Gasteiger partial charge in [0.05, 0.1) is 11.7 Å². The van der Waals surface area contributed by atoms with Crippen molar-refractivity contribution in [3.63, 3.8) is 0 Å². The van der Waals surface area contributed by atoms with Crippen molar-refractivity contribution in [1.82, 2.24) is 9.97 Å². The molecule has 1 aromatic carbocycles. The summed E-state index contributed by atoms with van der Waals surface area (Å²) in [6.07, 6.45) is 7.37. The summed E-state index contributed by atoms with van der Waals surface area (Å²) in [5.41, 5.74) is 2.09. The number of anilines is 1. The van der Waals surface area contributed by atoms with Crippen LogP contribution in [0.3, 0.4) is 0 Å². The van der Waals surface area contributed by atoms with E-state index >= 15 is 0 Å². The Morgan fingerprint density at radius 1 is 1.09 bits per heavy atom. The van der Waals surface area contributed by atoms with Crippen molar-refractivity contribution >= 4 is 33.5 Å². The van der Waals surface area contributed by atoms with Crippen molar-refractivity contribution < 1.29 is 4.79 Å². The van der Waals surface area contributed by atoms with Crippen molar-refractivity contribution in [2.24, 2.45) is 5.92 Å². The number of aromatic nitrogens is 2. The molecule has 0 radical (unpaired) electrons. The Hall–Kier alpha value is -2.36. The number of aromatic amines is 1. The molecule has 1 aliphatic rings. The molecule has 112 valence electrons. The molecule has 1 aliphatic carbocycles. The summed E-state index contributed by atoms with van der Waals surface area (Å²) in [5.74, 6) is 0.911. The van der Waals surface area contributed by atoms with Crippen molar-refractivity contribution in [2.75, 3.05) is 5.32 Å². The standard InChI is InChI=1S/C18H19N3O/c22-18(12-6-2-1-3-7-12)21-17-10-14-13-8-4-5-9-15(13)20-16(14)11-19-17/h4-5,8-12,20H,1-3,6-7H2,(H,19,21,22). The minimum Gasteiger partial charge on any atom is -0.353 e. The van der Waals surface area contributed by atoms with Gasteiger partial charge in [0.1, 0.15) is 5.82 Å². The monoisotopic (exact) mass is 293 g/mol. The van der Waals surface area contributed by atoms with E-state index < -0.39 is 0 Å². The molecule has 0 saturated heterocycles. The predicted octanol–water partition coefficient (Wildman–Crippen LogP) is 4.23. The third-order valence-corrected chi connectivity index (χ3v) is 4.62. The van der Waals surface area contributed by atoms with Gasteiger partial charge in [-0.25, -0.2) is 4.98 Å². The second-order valence-corrected chi connectivity index (χ2v) is 6.11. The summed E-state index contributed by atoms with van der Waals surface area (Å²) in [5, 5.41) is 5.26. The van der Waals surface area contributed by atoms with Crippen LogP contribution in [0, 0.1) is 5.92 Å². The second-order valence-electron chi connectivity index (χ2n) is 6.11. The van der Waals surface area contributed by atoms with E-state index in [0.29, 0.717) is 5.82 Å². The number of hydrogen-bond donors (Lipinski definition) is 2. The molecule has 0 spiro atoms. The Bertz CT molecular complexity index is 831. The zero-order chi connectivity index (χ0) is 14.9. The van der Waals surface area contributed by atoms with Gasteiger partial charge in [0.15, 0.2) is 0 Å². The lowest BCUT2D eigenvalue weighted by Gasteiger charge is -2.20. The number of nitrogens with zero attached hydrogens (tertiary/aromatic N) is 1. The van der Waals surface area contributed by atoms with E-state index in [1.165, 1.54) is 6.42 Å². The van der Waals surface area contributed by atoms with E-state index in [9.17, 15) is 4.79 Å². The Labute approximate surface area is 128 Å². The number of H-pyrrole nitrogens is 1. The molecule has 2 N–H and O–H groups in total. The Balaban J connectivity index is 1.64. The number of amides is 1. The van der Waals surface area contributed by atoms with E-state index in [4.69, 9.17) is 0 Å². The van der Waals surface area contributed by atoms with Crippen molar-refractivity contribution in [3.8, 4) is 0 Å². The van der Waals surface area contributed by atoms with Gasteiger partial charge in [-0.3, -0.25) is 4.79 Å². The molecule has 2 heterocycles. The molecule has 1 fully saturated rings. The van der Waals surface area contributed by atoms with Crippen molar-refractivity contribution in [3.05, 3.63) is 36.5 Å². The largest absolute Gasteiger partial charge is 0.353 e. The zero-order valence-corrected chi connectivity index (χ0v) is 12.4. The molecular formula is C18H19N3O. The fourth-order valence-electron chi connectivity index (χ4n) is 3.41. The SMILES string of the molecule is O=C(Nc1cc2c(cn1)[nH]c1ccccc12)C1CCCCC1. The van der Waals surface area contributed by atoms with E-state index in [1.54, 1.807) is 6.20 Å². The molecule has 1 amide bonds. The quantitative estimate of drug-likeness (QED) is 0.742. The van der Waals surface area contributed by atoms with Gasteiger partial charge in [0.25, 0.3) is 0 Å². The van der Waals surface area contributed by atoms with Crippen LogP contribution in [0.2, 0.25) is 0 Å². The highest BCUT2D eigenvalue weighted by Gasteiger charge is 2.21. The number of pyridine rings is 1. The first-order valence-electron chi connectivity index (χ1n) is 7.98. The third kappa shape index (κ3) is 2.34. The van der Waals surface area contributed by atoms with Gasteiger partial charge in [0.2, 0.25) is 5.91 Å². The average Bonchev–Trinajstić information content (AvgIpc) is 2.94. The van der Waals surface area contributed by atoms with Crippen molar-refractivity contribution in [1.29, 1.82) is 0 Å². The van der Waals surface area contributed by atoms with Gasteiger partial charge in [-0.05, 0) is 25.0 Å². The minimum atomic E-state index is 0.117. The highest BCUT2D eigenvalue weighted by molar-refractivity contribution is 6.08. The minimum absolute atomic E-state index is 0.117. The second kappa shape index (κ2) is 5.44. The molecule has 4 nitrogen and oxygen atoms in total. The van der Waals surface area contributed by atoms with Crippen LogP contribution in [0.5, 0.6) is 0 Å². The normalized spacial score (nSPS) is 16.2. The maximum absolute atomic E-state index is 12.3.